The predicted molar refractivity (Wildman–Crippen MR) is 118 cm³/mol. The number of ether oxygens (including phenoxy) is 1. The van der Waals surface area contributed by atoms with Crippen LogP contribution in [0.5, 0.6) is 5.75 Å². The topological polar surface area (TPSA) is 46.5 Å². The van der Waals surface area contributed by atoms with E-state index in [9.17, 15) is 9.90 Å². The van der Waals surface area contributed by atoms with Gasteiger partial charge in [0.05, 0.1) is 12.2 Å². The van der Waals surface area contributed by atoms with Crippen molar-refractivity contribution in [3.8, 4) is 5.75 Å². The smallest absolute Gasteiger partial charge is 0.338 e. The van der Waals surface area contributed by atoms with Crippen molar-refractivity contribution in [2.75, 3.05) is 6.61 Å². The van der Waals surface area contributed by atoms with Crippen molar-refractivity contribution in [2.24, 2.45) is 0 Å². The van der Waals surface area contributed by atoms with Gasteiger partial charge in [0.1, 0.15) is 5.75 Å². The molecule has 0 radical (unpaired) electrons. The van der Waals surface area contributed by atoms with Gasteiger partial charge >= 0.3 is 5.97 Å². The molecule has 0 aliphatic rings. The number of phenols is 1. The van der Waals surface area contributed by atoms with Gasteiger partial charge in [-0.05, 0) is 49.9 Å². The van der Waals surface area contributed by atoms with E-state index in [2.05, 4.69) is 19.1 Å². The molecule has 3 nitrogen and oxygen atoms in total. The Morgan fingerprint density at radius 1 is 0.786 bits per heavy atom. The molecule has 0 bridgehead atoms. The van der Waals surface area contributed by atoms with E-state index in [0.29, 0.717) is 12.2 Å². The van der Waals surface area contributed by atoms with Crippen molar-refractivity contribution < 1.29 is 14.6 Å². The van der Waals surface area contributed by atoms with Crippen molar-refractivity contribution >= 4 is 5.97 Å². The zero-order valence-electron chi connectivity index (χ0n) is 17.8. The van der Waals surface area contributed by atoms with E-state index in [1.807, 2.05) is 0 Å². The Bertz CT molecular complexity index is 519. The van der Waals surface area contributed by atoms with Crippen LogP contribution in [0.4, 0.5) is 0 Å². The summed E-state index contributed by atoms with van der Waals surface area (Å²) in [6.07, 6.45) is 22.5. The molecule has 28 heavy (non-hydrogen) atoms. The Kier molecular flexibility index (Phi) is 15.0. The van der Waals surface area contributed by atoms with Gasteiger partial charge in [-0.2, -0.15) is 0 Å². The summed E-state index contributed by atoms with van der Waals surface area (Å²) in [7, 11) is 0. The molecule has 0 heterocycles. The minimum absolute atomic E-state index is 0.159. The average molecular weight is 389 g/mol. The van der Waals surface area contributed by atoms with E-state index in [1.54, 1.807) is 12.1 Å². The molecule has 1 aromatic rings. The summed E-state index contributed by atoms with van der Waals surface area (Å²) in [4.78, 5) is 11.8. The predicted octanol–water partition coefficient (Wildman–Crippen LogP) is 7.59. The Morgan fingerprint density at radius 2 is 1.29 bits per heavy atom. The minimum atomic E-state index is -0.309. The second kappa shape index (κ2) is 17.3. The number of allylic oxidation sites excluding steroid dienone is 2. The van der Waals surface area contributed by atoms with Gasteiger partial charge in [-0.15, -0.1) is 0 Å². The van der Waals surface area contributed by atoms with Crippen LogP contribution in [-0.4, -0.2) is 17.7 Å². The fourth-order valence-corrected chi connectivity index (χ4v) is 3.18. The zero-order chi connectivity index (χ0) is 20.3. The number of esters is 1. The van der Waals surface area contributed by atoms with Crippen LogP contribution in [-0.2, 0) is 4.74 Å². The summed E-state index contributed by atoms with van der Waals surface area (Å²) < 4.78 is 5.26. The van der Waals surface area contributed by atoms with Gasteiger partial charge in [0.2, 0.25) is 0 Å². The summed E-state index contributed by atoms with van der Waals surface area (Å²) in [5.74, 6) is -0.150. The second-order valence-corrected chi connectivity index (χ2v) is 7.62. The summed E-state index contributed by atoms with van der Waals surface area (Å²) in [5, 5.41) is 9.22. The minimum Gasteiger partial charge on any atom is -0.508 e. The molecular weight excluding hydrogens is 348 g/mol. The van der Waals surface area contributed by atoms with E-state index in [1.165, 1.54) is 89.2 Å². The van der Waals surface area contributed by atoms with Crippen molar-refractivity contribution in [1.82, 2.24) is 0 Å². The van der Waals surface area contributed by atoms with Crippen LogP contribution in [0.15, 0.2) is 36.4 Å². The Morgan fingerprint density at radius 3 is 1.86 bits per heavy atom. The standard InChI is InChI=1S/C25H40O3/c1-2-3-4-5-6-7-8-9-10-11-12-13-14-15-16-17-22-28-25(27)23-18-20-24(26)21-19-23/h5-6,18-21,26H,2-4,7-17,22H2,1H3/b6-5+. The van der Waals surface area contributed by atoms with Gasteiger partial charge in [0, 0.05) is 0 Å². The van der Waals surface area contributed by atoms with Crippen LogP contribution >= 0.6 is 0 Å². The Hall–Kier alpha value is -1.77. The molecule has 0 atom stereocenters. The summed E-state index contributed by atoms with van der Waals surface area (Å²) in [6, 6.07) is 6.18. The first-order valence-electron chi connectivity index (χ1n) is 11.3. The number of hydrogen-bond donors (Lipinski definition) is 1. The molecule has 0 spiro atoms. The lowest BCUT2D eigenvalue weighted by atomic mass is 10.1. The van der Waals surface area contributed by atoms with Crippen molar-refractivity contribution in [1.29, 1.82) is 0 Å². The lowest BCUT2D eigenvalue weighted by molar-refractivity contribution is 0.0497. The van der Waals surface area contributed by atoms with E-state index >= 15 is 0 Å². The van der Waals surface area contributed by atoms with Crippen molar-refractivity contribution in [3.05, 3.63) is 42.0 Å². The maximum Gasteiger partial charge on any atom is 0.338 e. The first kappa shape index (κ1) is 24.3. The van der Waals surface area contributed by atoms with Crippen LogP contribution in [0.25, 0.3) is 0 Å². The number of hydrogen-bond acceptors (Lipinski definition) is 3. The van der Waals surface area contributed by atoms with Crippen LogP contribution in [0.3, 0.4) is 0 Å². The lowest BCUT2D eigenvalue weighted by Gasteiger charge is -2.05. The molecule has 1 aromatic carbocycles. The molecule has 0 aliphatic heterocycles. The fourth-order valence-electron chi connectivity index (χ4n) is 3.18. The van der Waals surface area contributed by atoms with Gasteiger partial charge in [0.15, 0.2) is 0 Å². The van der Waals surface area contributed by atoms with E-state index in [-0.39, 0.29) is 11.7 Å². The molecule has 0 aromatic heterocycles. The third-order valence-corrected chi connectivity index (χ3v) is 4.99. The third kappa shape index (κ3) is 13.4. The molecule has 1 rings (SSSR count). The number of rotatable bonds is 17. The van der Waals surface area contributed by atoms with Crippen molar-refractivity contribution in [3.63, 3.8) is 0 Å². The monoisotopic (exact) mass is 388 g/mol. The molecular formula is C25H40O3. The number of phenolic OH excluding ortho intramolecular Hbond substituents is 1. The normalized spacial score (nSPS) is 11.2. The molecule has 3 heteroatoms. The largest absolute Gasteiger partial charge is 0.508 e. The summed E-state index contributed by atoms with van der Waals surface area (Å²) in [5.41, 5.74) is 0.491. The van der Waals surface area contributed by atoms with Gasteiger partial charge < -0.3 is 9.84 Å². The molecule has 1 N–H and O–H groups in total. The molecule has 0 fully saturated rings. The summed E-state index contributed by atoms with van der Waals surface area (Å²) >= 11 is 0. The highest BCUT2D eigenvalue weighted by Gasteiger charge is 2.06. The third-order valence-electron chi connectivity index (χ3n) is 4.99. The van der Waals surface area contributed by atoms with Crippen LogP contribution in [0.2, 0.25) is 0 Å². The number of carbonyl (C=O) groups is 1. The lowest BCUT2D eigenvalue weighted by Crippen LogP contribution is -2.06. The molecule has 0 aliphatic carbocycles. The van der Waals surface area contributed by atoms with Crippen LogP contribution in [0, 0.1) is 0 Å². The first-order valence-corrected chi connectivity index (χ1v) is 11.3. The number of carbonyl (C=O) groups excluding carboxylic acids is 1. The molecule has 0 amide bonds. The highest BCUT2D eigenvalue weighted by molar-refractivity contribution is 5.89. The van der Waals surface area contributed by atoms with Crippen molar-refractivity contribution in [2.45, 2.75) is 96.8 Å². The SMILES string of the molecule is CCCC/C=C/CCCCCCCCCCCCOC(=O)c1ccc(O)cc1. The van der Waals surface area contributed by atoms with E-state index in [0.717, 1.165) is 12.8 Å². The Balaban J connectivity index is 1.81. The van der Waals surface area contributed by atoms with Gasteiger partial charge in [-0.3, -0.25) is 0 Å². The van der Waals surface area contributed by atoms with Crippen LogP contribution in [0.1, 0.15) is 107 Å². The zero-order valence-corrected chi connectivity index (χ0v) is 17.8. The average Bonchev–Trinajstić information content (AvgIpc) is 2.70. The molecule has 0 unspecified atom stereocenters. The van der Waals surface area contributed by atoms with Gasteiger partial charge in [0.25, 0.3) is 0 Å². The maximum absolute atomic E-state index is 11.8. The summed E-state index contributed by atoms with van der Waals surface area (Å²) in [6.45, 7) is 2.72. The van der Waals surface area contributed by atoms with E-state index in [4.69, 9.17) is 4.74 Å². The second-order valence-electron chi connectivity index (χ2n) is 7.62. The fraction of sp³-hybridized carbons (Fsp3) is 0.640. The van der Waals surface area contributed by atoms with Gasteiger partial charge in [-0.1, -0.05) is 83.3 Å². The number of benzene rings is 1. The molecule has 0 saturated carbocycles. The van der Waals surface area contributed by atoms with Gasteiger partial charge in [-0.25, -0.2) is 4.79 Å². The highest BCUT2D eigenvalue weighted by atomic mass is 16.5. The highest BCUT2D eigenvalue weighted by Crippen LogP contribution is 2.13. The number of unbranched alkanes of at least 4 members (excludes halogenated alkanes) is 12. The first-order chi connectivity index (χ1) is 13.7. The molecule has 0 saturated heterocycles. The van der Waals surface area contributed by atoms with Crippen LogP contribution < -0.4 is 0 Å². The number of aromatic hydroxyl groups is 1. The molecule has 158 valence electrons. The quantitative estimate of drug-likeness (QED) is 0.170. The van der Waals surface area contributed by atoms with E-state index < -0.39 is 0 Å². The Labute approximate surface area is 172 Å². The maximum atomic E-state index is 11.8.